The van der Waals surface area contributed by atoms with Crippen LogP contribution in [0.25, 0.3) is 10.9 Å². The molecule has 1 aliphatic heterocycles. The zero-order valence-corrected chi connectivity index (χ0v) is 13.3. The third kappa shape index (κ3) is 2.71. The lowest BCUT2D eigenvalue weighted by Gasteiger charge is -2.14. The van der Waals surface area contributed by atoms with Gasteiger partial charge in [0.2, 0.25) is 11.8 Å². The van der Waals surface area contributed by atoms with E-state index >= 15 is 0 Å². The van der Waals surface area contributed by atoms with Gasteiger partial charge in [0.05, 0.1) is 18.0 Å². The third-order valence-corrected chi connectivity index (χ3v) is 4.16. The highest BCUT2D eigenvalue weighted by atomic mass is 79.9. The van der Waals surface area contributed by atoms with E-state index in [-0.39, 0.29) is 31.4 Å². The summed E-state index contributed by atoms with van der Waals surface area (Å²) in [6, 6.07) is 5.65. The van der Waals surface area contributed by atoms with E-state index in [1.807, 2.05) is 18.2 Å². The van der Waals surface area contributed by atoms with Gasteiger partial charge in [-0.1, -0.05) is 15.9 Å². The van der Waals surface area contributed by atoms with Crippen LogP contribution in [0.2, 0.25) is 0 Å². The number of nitrogens with zero attached hydrogens (tertiary/aromatic N) is 2. The first-order chi connectivity index (χ1) is 10.6. The summed E-state index contributed by atoms with van der Waals surface area (Å²) in [4.78, 5) is 25.7. The van der Waals surface area contributed by atoms with Crippen LogP contribution in [0.4, 0.5) is 5.82 Å². The second-order valence-corrected chi connectivity index (χ2v) is 6.07. The summed E-state index contributed by atoms with van der Waals surface area (Å²) in [6.07, 6.45) is 0.155. The zero-order chi connectivity index (χ0) is 15.7. The number of aromatic amines is 1. The van der Waals surface area contributed by atoms with Crippen molar-refractivity contribution in [3.8, 4) is 0 Å². The predicted molar refractivity (Wildman–Crippen MR) is 84.3 cm³/mol. The van der Waals surface area contributed by atoms with E-state index in [2.05, 4.69) is 31.4 Å². The molecule has 1 unspecified atom stereocenters. The number of rotatable bonds is 4. The number of carbonyl (C=O) groups is 2. The number of hydrogen-bond donors (Lipinski definition) is 3. The van der Waals surface area contributed by atoms with Gasteiger partial charge in [0.1, 0.15) is 0 Å². The van der Waals surface area contributed by atoms with Gasteiger partial charge in [-0.2, -0.15) is 5.10 Å². The number of fused-ring (bicyclic) bond motifs is 1. The van der Waals surface area contributed by atoms with Gasteiger partial charge in [-0.3, -0.25) is 19.6 Å². The highest BCUT2D eigenvalue weighted by molar-refractivity contribution is 9.10. The number of aromatic nitrogens is 2. The predicted octanol–water partition coefficient (Wildman–Crippen LogP) is 0.787. The number of aliphatic hydroxyl groups is 1. The summed E-state index contributed by atoms with van der Waals surface area (Å²) in [7, 11) is 0. The van der Waals surface area contributed by atoms with Crippen LogP contribution < -0.4 is 10.2 Å². The molecule has 1 atom stereocenters. The first-order valence-electron chi connectivity index (χ1n) is 6.92. The maximum absolute atomic E-state index is 12.2. The normalized spacial score (nSPS) is 18.2. The Morgan fingerprint density at radius 3 is 3.14 bits per heavy atom. The zero-order valence-electron chi connectivity index (χ0n) is 11.7. The number of benzene rings is 1. The van der Waals surface area contributed by atoms with Crippen LogP contribution in [0.5, 0.6) is 0 Å². The number of nitrogens with one attached hydrogen (secondary N) is 2. The molecule has 2 heterocycles. The lowest BCUT2D eigenvalue weighted by atomic mass is 10.1. The summed E-state index contributed by atoms with van der Waals surface area (Å²) >= 11 is 3.39. The highest BCUT2D eigenvalue weighted by Gasteiger charge is 2.36. The van der Waals surface area contributed by atoms with Crippen molar-refractivity contribution in [3.63, 3.8) is 0 Å². The standard InChI is InChI=1S/C14H15BrN4O3/c15-9-1-2-10-11(6-9)17-18-13(10)19-7-8(5-12(19)21)14(22)16-3-4-20/h1-2,6,8,20H,3-5,7H2,(H,16,22)(H,17,18). The van der Waals surface area contributed by atoms with E-state index in [1.54, 1.807) is 0 Å². The number of aliphatic hydroxyl groups excluding tert-OH is 1. The molecule has 2 amide bonds. The van der Waals surface area contributed by atoms with Gasteiger partial charge in [-0.15, -0.1) is 0 Å². The number of H-pyrrole nitrogens is 1. The minimum Gasteiger partial charge on any atom is -0.395 e. The Morgan fingerprint density at radius 2 is 2.36 bits per heavy atom. The summed E-state index contributed by atoms with van der Waals surface area (Å²) < 4.78 is 0.921. The molecule has 22 heavy (non-hydrogen) atoms. The molecule has 116 valence electrons. The van der Waals surface area contributed by atoms with Gasteiger partial charge in [0.15, 0.2) is 5.82 Å². The SMILES string of the molecule is O=C(NCCO)C1CC(=O)N(c2n[nH]c3cc(Br)ccc23)C1. The van der Waals surface area contributed by atoms with Gasteiger partial charge in [-0.05, 0) is 18.2 Å². The molecule has 7 nitrogen and oxygen atoms in total. The molecule has 0 bridgehead atoms. The highest BCUT2D eigenvalue weighted by Crippen LogP contribution is 2.31. The average molecular weight is 367 g/mol. The second-order valence-electron chi connectivity index (χ2n) is 5.16. The molecule has 0 saturated carbocycles. The Kier molecular flexibility index (Phi) is 4.12. The molecule has 1 aliphatic rings. The van der Waals surface area contributed by atoms with Crippen molar-refractivity contribution in [2.75, 3.05) is 24.6 Å². The third-order valence-electron chi connectivity index (χ3n) is 3.67. The number of anilines is 1. The van der Waals surface area contributed by atoms with Crippen LogP contribution in [0.15, 0.2) is 22.7 Å². The van der Waals surface area contributed by atoms with Crippen LogP contribution in [0.1, 0.15) is 6.42 Å². The molecule has 1 aromatic carbocycles. The van der Waals surface area contributed by atoms with E-state index in [4.69, 9.17) is 5.11 Å². The van der Waals surface area contributed by atoms with Crippen molar-refractivity contribution in [1.82, 2.24) is 15.5 Å². The molecule has 1 saturated heterocycles. The van der Waals surface area contributed by atoms with Crippen LogP contribution in [0.3, 0.4) is 0 Å². The van der Waals surface area contributed by atoms with E-state index in [0.717, 1.165) is 15.4 Å². The minimum absolute atomic E-state index is 0.116. The van der Waals surface area contributed by atoms with Gasteiger partial charge < -0.3 is 10.4 Å². The van der Waals surface area contributed by atoms with Gasteiger partial charge >= 0.3 is 0 Å². The molecule has 2 aromatic rings. The minimum atomic E-state index is -0.416. The Morgan fingerprint density at radius 1 is 1.55 bits per heavy atom. The number of amides is 2. The quantitative estimate of drug-likeness (QED) is 0.744. The van der Waals surface area contributed by atoms with Gasteiger partial charge in [-0.25, -0.2) is 0 Å². The smallest absolute Gasteiger partial charge is 0.229 e. The van der Waals surface area contributed by atoms with Crippen molar-refractivity contribution in [1.29, 1.82) is 0 Å². The van der Waals surface area contributed by atoms with Crippen LogP contribution >= 0.6 is 15.9 Å². The van der Waals surface area contributed by atoms with Crippen molar-refractivity contribution >= 4 is 44.5 Å². The Hall–Kier alpha value is -1.93. The average Bonchev–Trinajstić information content (AvgIpc) is 3.07. The van der Waals surface area contributed by atoms with Crippen LogP contribution in [0, 0.1) is 5.92 Å². The largest absolute Gasteiger partial charge is 0.395 e. The summed E-state index contributed by atoms with van der Waals surface area (Å²) in [5.41, 5.74) is 0.824. The summed E-state index contributed by atoms with van der Waals surface area (Å²) in [6.45, 7) is 0.379. The lowest BCUT2D eigenvalue weighted by molar-refractivity contribution is -0.126. The molecule has 0 spiro atoms. The maximum Gasteiger partial charge on any atom is 0.229 e. The molecule has 1 aromatic heterocycles. The number of halogens is 1. The molecular formula is C14H15BrN4O3. The van der Waals surface area contributed by atoms with E-state index < -0.39 is 5.92 Å². The fourth-order valence-electron chi connectivity index (χ4n) is 2.59. The first kappa shape index (κ1) is 15.0. The molecule has 1 fully saturated rings. The topological polar surface area (TPSA) is 98.3 Å². The number of carbonyl (C=O) groups excluding carboxylic acids is 2. The Labute approximate surface area is 134 Å². The fraction of sp³-hybridized carbons (Fsp3) is 0.357. The summed E-state index contributed by atoms with van der Waals surface area (Å²) in [5, 5.41) is 19.3. The Balaban J connectivity index is 1.82. The van der Waals surface area contributed by atoms with E-state index in [1.165, 1.54) is 4.90 Å². The lowest BCUT2D eigenvalue weighted by Crippen LogP contribution is -2.34. The van der Waals surface area contributed by atoms with Crippen LogP contribution in [-0.2, 0) is 9.59 Å². The molecule has 0 aliphatic carbocycles. The van der Waals surface area contributed by atoms with E-state index in [0.29, 0.717) is 12.4 Å². The van der Waals surface area contributed by atoms with Crippen molar-refractivity contribution in [2.24, 2.45) is 5.92 Å². The maximum atomic E-state index is 12.2. The summed E-state index contributed by atoms with van der Waals surface area (Å²) in [5.74, 6) is -0.209. The molecule has 3 N–H and O–H groups in total. The van der Waals surface area contributed by atoms with Gasteiger partial charge in [0.25, 0.3) is 0 Å². The molecule has 0 radical (unpaired) electrons. The fourth-order valence-corrected chi connectivity index (χ4v) is 2.96. The van der Waals surface area contributed by atoms with Crippen molar-refractivity contribution < 1.29 is 14.7 Å². The van der Waals surface area contributed by atoms with Gasteiger partial charge in [0, 0.05) is 29.4 Å². The molecular weight excluding hydrogens is 352 g/mol. The molecule has 8 heteroatoms. The van der Waals surface area contributed by atoms with Crippen LogP contribution in [-0.4, -0.2) is 46.8 Å². The number of hydrogen-bond acceptors (Lipinski definition) is 4. The van der Waals surface area contributed by atoms with E-state index in [9.17, 15) is 9.59 Å². The molecule has 3 rings (SSSR count). The van der Waals surface area contributed by atoms with Crippen molar-refractivity contribution in [3.05, 3.63) is 22.7 Å². The first-order valence-corrected chi connectivity index (χ1v) is 7.72. The van der Waals surface area contributed by atoms with Crippen molar-refractivity contribution in [2.45, 2.75) is 6.42 Å². The monoisotopic (exact) mass is 366 g/mol. The second kappa shape index (κ2) is 6.05. The Bertz CT molecular complexity index is 730.